The van der Waals surface area contributed by atoms with Crippen molar-refractivity contribution in [2.45, 2.75) is 12.8 Å². The standard InChI is InChI=1S/C9H9FO2.C7H5Cl2NO/c10-8-4-2-1-3-7(8)5-6-9(11)12;8-4-1-2-5(7(10)11)6(9)3-4/h1-4H,5-6H2,(H,11,12);1-3H,(H2,10,11). The molecule has 0 radical (unpaired) electrons. The average Bonchev–Trinajstić information content (AvgIpc) is 2.46. The molecule has 122 valence electrons. The summed E-state index contributed by atoms with van der Waals surface area (Å²) in [6, 6.07) is 10.7. The number of primary amides is 1. The highest BCUT2D eigenvalue weighted by Crippen LogP contribution is 2.20. The molecule has 0 atom stereocenters. The van der Waals surface area contributed by atoms with Crippen LogP contribution in [0.3, 0.4) is 0 Å². The molecule has 0 unspecified atom stereocenters. The fourth-order valence-electron chi connectivity index (χ4n) is 1.63. The number of benzene rings is 2. The molecule has 0 saturated carbocycles. The fraction of sp³-hybridized carbons (Fsp3) is 0.125. The van der Waals surface area contributed by atoms with Crippen LogP contribution in [0.15, 0.2) is 42.5 Å². The van der Waals surface area contributed by atoms with Crippen LogP contribution >= 0.6 is 23.2 Å². The molecular formula is C16H14Cl2FNO3. The van der Waals surface area contributed by atoms with Crippen molar-refractivity contribution >= 4 is 35.1 Å². The maximum Gasteiger partial charge on any atom is 0.303 e. The molecule has 4 nitrogen and oxygen atoms in total. The van der Waals surface area contributed by atoms with E-state index in [0.717, 1.165) is 0 Å². The third kappa shape index (κ3) is 6.67. The highest BCUT2D eigenvalue weighted by molar-refractivity contribution is 6.36. The Morgan fingerprint density at radius 3 is 2.30 bits per heavy atom. The minimum atomic E-state index is -0.904. The number of aliphatic carboxylic acids is 1. The molecule has 0 fully saturated rings. The predicted octanol–water partition coefficient (Wildman–Crippen LogP) is 3.94. The first-order valence-corrected chi connectivity index (χ1v) is 7.27. The first-order valence-electron chi connectivity index (χ1n) is 6.51. The van der Waals surface area contributed by atoms with Gasteiger partial charge in [-0.15, -0.1) is 0 Å². The number of aryl methyl sites for hydroxylation is 1. The van der Waals surface area contributed by atoms with E-state index in [9.17, 15) is 14.0 Å². The Morgan fingerprint density at radius 2 is 1.78 bits per heavy atom. The molecule has 0 spiro atoms. The van der Waals surface area contributed by atoms with Crippen LogP contribution in [0.5, 0.6) is 0 Å². The molecule has 2 aromatic rings. The Balaban J connectivity index is 0.000000231. The van der Waals surface area contributed by atoms with Gasteiger partial charge in [0.15, 0.2) is 0 Å². The van der Waals surface area contributed by atoms with Crippen molar-refractivity contribution in [3.63, 3.8) is 0 Å². The van der Waals surface area contributed by atoms with Crippen LogP contribution in [-0.2, 0) is 11.2 Å². The van der Waals surface area contributed by atoms with E-state index in [-0.39, 0.29) is 29.2 Å². The van der Waals surface area contributed by atoms with Gasteiger partial charge >= 0.3 is 5.97 Å². The van der Waals surface area contributed by atoms with Gasteiger partial charge in [-0.1, -0.05) is 41.4 Å². The number of carbonyl (C=O) groups is 2. The number of halogens is 3. The largest absolute Gasteiger partial charge is 0.481 e. The molecule has 7 heteroatoms. The van der Waals surface area contributed by atoms with Gasteiger partial charge in [-0.05, 0) is 36.2 Å². The van der Waals surface area contributed by atoms with E-state index in [4.69, 9.17) is 34.0 Å². The van der Waals surface area contributed by atoms with Crippen molar-refractivity contribution in [2.75, 3.05) is 0 Å². The second kappa shape index (κ2) is 9.12. The van der Waals surface area contributed by atoms with E-state index in [1.165, 1.54) is 18.2 Å². The van der Waals surface area contributed by atoms with Gasteiger partial charge in [0, 0.05) is 11.4 Å². The van der Waals surface area contributed by atoms with Crippen molar-refractivity contribution < 1.29 is 19.1 Å². The molecule has 0 heterocycles. The molecule has 0 aliphatic rings. The van der Waals surface area contributed by atoms with E-state index in [1.807, 2.05) is 0 Å². The molecule has 0 saturated heterocycles. The van der Waals surface area contributed by atoms with Gasteiger partial charge in [0.2, 0.25) is 5.91 Å². The Hall–Kier alpha value is -2.11. The molecular weight excluding hydrogens is 344 g/mol. The lowest BCUT2D eigenvalue weighted by Gasteiger charge is -1.98. The summed E-state index contributed by atoms with van der Waals surface area (Å²) in [5, 5.41) is 9.11. The van der Waals surface area contributed by atoms with Gasteiger partial charge in [-0.25, -0.2) is 4.39 Å². The van der Waals surface area contributed by atoms with Crippen molar-refractivity contribution in [3.05, 3.63) is 69.5 Å². The number of amides is 1. The summed E-state index contributed by atoms with van der Waals surface area (Å²) in [6.07, 6.45) is 0.225. The number of carboxylic acids is 1. The maximum atomic E-state index is 12.8. The highest BCUT2D eigenvalue weighted by atomic mass is 35.5. The minimum absolute atomic E-state index is 0.0269. The zero-order valence-corrected chi connectivity index (χ0v) is 13.4. The van der Waals surface area contributed by atoms with Crippen LogP contribution in [-0.4, -0.2) is 17.0 Å². The van der Waals surface area contributed by atoms with Crippen molar-refractivity contribution in [3.8, 4) is 0 Å². The number of hydrogen-bond acceptors (Lipinski definition) is 2. The second-order valence-electron chi connectivity index (χ2n) is 4.47. The minimum Gasteiger partial charge on any atom is -0.481 e. The van der Waals surface area contributed by atoms with Crippen LogP contribution in [0.4, 0.5) is 4.39 Å². The van der Waals surface area contributed by atoms with Crippen LogP contribution < -0.4 is 5.73 Å². The topological polar surface area (TPSA) is 80.4 Å². The van der Waals surface area contributed by atoms with Crippen molar-refractivity contribution in [1.82, 2.24) is 0 Å². The Bertz CT molecular complexity index is 707. The zero-order valence-electron chi connectivity index (χ0n) is 11.9. The normalized spacial score (nSPS) is 9.70. The fourth-order valence-corrected chi connectivity index (χ4v) is 2.13. The lowest BCUT2D eigenvalue weighted by molar-refractivity contribution is -0.136. The van der Waals surface area contributed by atoms with Crippen LogP contribution in [0.25, 0.3) is 0 Å². The maximum absolute atomic E-state index is 12.8. The van der Waals surface area contributed by atoms with Gasteiger partial charge in [0.05, 0.1) is 10.6 Å². The van der Waals surface area contributed by atoms with Crippen molar-refractivity contribution in [1.29, 1.82) is 0 Å². The summed E-state index contributed by atoms with van der Waals surface area (Å²) in [5.74, 6) is -1.79. The summed E-state index contributed by atoms with van der Waals surface area (Å²) in [4.78, 5) is 20.8. The monoisotopic (exact) mass is 357 g/mol. The number of carboxylic acid groups (broad SMARTS) is 1. The molecule has 2 rings (SSSR count). The molecule has 0 aliphatic heterocycles. The number of hydrogen-bond donors (Lipinski definition) is 2. The summed E-state index contributed by atoms with van der Waals surface area (Å²) < 4.78 is 12.8. The molecule has 1 amide bonds. The quantitative estimate of drug-likeness (QED) is 0.869. The molecule has 3 N–H and O–H groups in total. The molecule has 23 heavy (non-hydrogen) atoms. The SMILES string of the molecule is NC(=O)c1ccc(Cl)cc1Cl.O=C(O)CCc1ccccc1F. The zero-order chi connectivity index (χ0) is 17.4. The summed E-state index contributed by atoms with van der Waals surface area (Å²) >= 11 is 11.2. The highest BCUT2D eigenvalue weighted by Gasteiger charge is 2.05. The Labute approximate surface area is 142 Å². The summed E-state index contributed by atoms with van der Waals surface area (Å²) in [5.41, 5.74) is 5.74. The van der Waals surface area contributed by atoms with E-state index in [2.05, 4.69) is 0 Å². The first kappa shape index (κ1) is 18.9. The van der Waals surface area contributed by atoms with Crippen molar-refractivity contribution in [2.24, 2.45) is 5.73 Å². The van der Waals surface area contributed by atoms with Crippen LogP contribution in [0.2, 0.25) is 10.0 Å². The van der Waals surface area contributed by atoms with Gasteiger partial charge in [-0.3, -0.25) is 9.59 Å². The van der Waals surface area contributed by atoms with Gasteiger partial charge < -0.3 is 10.8 Å². The lowest BCUT2D eigenvalue weighted by atomic mass is 10.1. The molecule has 2 aromatic carbocycles. The third-order valence-electron chi connectivity index (χ3n) is 2.76. The predicted molar refractivity (Wildman–Crippen MR) is 87.3 cm³/mol. The lowest BCUT2D eigenvalue weighted by Crippen LogP contribution is -2.11. The number of carbonyl (C=O) groups excluding carboxylic acids is 1. The van der Waals surface area contributed by atoms with E-state index in [0.29, 0.717) is 10.6 Å². The van der Waals surface area contributed by atoms with Crippen LogP contribution in [0.1, 0.15) is 22.3 Å². The molecule has 0 bridgehead atoms. The first-order chi connectivity index (χ1) is 10.8. The number of nitrogens with two attached hydrogens (primary N) is 1. The van der Waals surface area contributed by atoms with Gasteiger partial charge in [0.25, 0.3) is 0 Å². The summed E-state index contributed by atoms with van der Waals surface area (Å²) in [6.45, 7) is 0. The average molecular weight is 358 g/mol. The second-order valence-corrected chi connectivity index (χ2v) is 5.32. The number of rotatable bonds is 4. The Morgan fingerprint density at radius 1 is 1.13 bits per heavy atom. The smallest absolute Gasteiger partial charge is 0.303 e. The van der Waals surface area contributed by atoms with Crippen LogP contribution in [0, 0.1) is 5.82 Å². The molecule has 0 aliphatic carbocycles. The van der Waals surface area contributed by atoms with Gasteiger partial charge in [-0.2, -0.15) is 0 Å². The van der Waals surface area contributed by atoms with Gasteiger partial charge in [0.1, 0.15) is 5.82 Å². The third-order valence-corrected chi connectivity index (χ3v) is 3.31. The van der Waals surface area contributed by atoms with E-state index in [1.54, 1.807) is 24.3 Å². The van der Waals surface area contributed by atoms with E-state index >= 15 is 0 Å². The molecule has 0 aromatic heterocycles. The summed E-state index contributed by atoms with van der Waals surface area (Å²) in [7, 11) is 0. The van der Waals surface area contributed by atoms with E-state index < -0.39 is 11.9 Å². The Kier molecular flexibility index (Phi) is 7.51.